The summed E-state index contributed by atoms with van der Waals surface area (Å²) < 4.78 is 107. The number of alkyl halides is 6. The molecule has 0 bridgehead atoms. The van der Waals surface area contributed by atoms with Gasteiger partial charge in [0, 0.05) is 18.9 Å². The van der Waals surface area contributed by atoms with E-state index in [2.05, 4.69) is 24.3 Å². The van der Waals surface area contributed by atoms with E-state index in [0.717, 1.165) is 69.3 Å². The molecule has 0 saturated heterocycles. The van der Waals surface area contributed by atoms with Crippen LogP contribution in [0.25, 0.3) is 33.4 Å². The van der Waals surface area contributed by atoms with Crippen molar-refractivity contribution >= 4 is 29.3 Å². The van der Waals surface area contributed by atoms with Crippen LogP contribution in [-0.2, 0) is 5.41 Å². The number of rotatable bonds is 10. The third kappa shape index (κ3) is 7.13. The van der Waals surface area contributed by atoms with Crippen LogP contribution in [-0.4, -0.2) is 61.1 Å². The van der Waals surface area contributed by atoms with Gasteiger partial charge in [-0.3, -0.25) is 24.1 Å². The number of fused-ring (bicyclic) bond motifs is 8. The molecule has 0 unspecified atom stereocenters. The largest absolute Gasteiger partial charge is 0.492 e. The van der Waals surface area contributed by atoms with E-state index in [-0.39, 0.29) is 35.4 Å². The Bertz CT molecular complexity index is 3660. The van der Waals surface area contributed by atoms with Crippen molar-refractivity contribution < 1.29 is 55.0 Å². The Kier molecular flexibility index (Phi) is 10.8. The van der Waals surface area contributed by atoms with E-state index in [4.69, 9.17) is 9.47 Å². The van der Waals surface area contributed by atoms with Crippen molar-refractivity contribution in [3.8, 4) is 44.9 Å². The minimum absolute atomic E-state index is 0.00868. The fraction of sp³-hybridized carbons (Fsp3) is 0.148. The molecule has 8 aromatic carbocycles. The lowest BCUT2D eigenvalue weighted by Crippen LogP contribution is -2.55. The van der Waals surface area contributed by atoms with Crippen LogP contribution in [0.5, 0.6) is 11.5 Å². The molecule has 0 aromatic heterocycles. The first-order chi connectivity index (χ1) is 36.0. The molecule has 2 heterocycles. The van der Waals surface area contributed by atoms with E-state index in [1.54, 1.807) is 12.1 Å². The smallest absolute Gasteiger partial charge is 0.411 e. The number of ether oxygens (including phenoxy) is 2. The van der Waals surface area contributed by atoms with Gasteiger partial charge in [0.25, 0.3) is 23.6 Å². The molecular weight excluding hydrogens is 971 g/mol. The van der Waals surface area contributed by atoms with Crippen LogP contribution >= 0.6 is 0 Å². The fourth-order valence-corrected chi connectivity index (χ4v) is 11.4. The summed E-state index contributed by atoms with van der Waals surface area (Å²) in [4.78, 5) is 56.0. The van der Waals surface area contributed by atoms with Gasteiger partial charge in [-0.15, -0.1) is 0 Å². The van der Waals surface area contributed by atoms with E-state index in [1.807, 2.05) is 97.9 Å². The van der Waals surface area contributed by atoms with Crippen LogP contribution in [0.3, 0.4) is 0 Å². The standard InChI is InChI=1S/C61H40F6N2O6/c1-33-19-20-34(27-53(33)74-31-50-42-15-7-3-11-38(42)39-12-4-8-16-43(39)50)35-21-26-52(54(28-35)75-32-51-44-17-9-5-13-40(44)41-14-6-10-18-45(41)51)69-57(72)47-25-23-37(30-49(47)58(69)73)59(60(62,63)64,61(65,66)67)36-22-24-46-48(29-36)56(71)68(2)55(46)70/h3-30,50-51H,31-32H2,1-2H3. The lowest BCUT2D eigenvalue weighted by atomic mass is 9.71. The second-order valence-electron chi connectivity index (χ2n) is 19.1. The molecule has 0 radical (unpaired) electrons. The van der Waals surface area contributed by atoms with Gasteiger partial charge in [0.2, 0.25) is 5.41 Å². The van der Waals surface area contributed by atoms with Gasteiger partial charge in [-0.05, 0) is 122 Å². The number of amides is 4. The van der Waals surface area contributed by atoms with Crippen LogP contribution in [0, 0.1) is 6.92 Å². The van der Waals surface area contributed by atoms with Crippen LogP contribution in [0.15, 0.2) is 170 Å². The number of carbonyl (C=O) groups excluding carboxylic acids is 4. The topological polar surface area (TPSA) is 93.2 Å². The fourth-order valence-electron chi connectivity index (χ4n) is 11.4. The van der Waals surface area contributed by atoms with E-state index in [0.29, 0.717) is 57.5 Å². The summed E-state index contributed by atoms with van der Waals surface area (Å²) in [5.41, 5.74) is 0.770. The molecule has 0 saturated carbocycles. The molecule has 2 aliphatic carbocycles. The molecule has 4 aliphatic rings. The van der Waals surface area contributed by atoms with Crippen molar-refractivity contribution in [2.24, 2.45) is 0 Å². The van der Waals surface area contributed by atoms with Gasteiger partial charge in [0.15, 0.2) is 0 Å². The summed E-state index contributed by atoms with van der Waals surface area (Å²) in [5.74, 6) is -3.88. The highest BCUT2D eigenvalue weighted by Crippen LogP contribution is 2.57. The number of carbonyl (C=O) groups is 4. The van der Waals surface area contributed by atoms with Gasteiger partial charge in [0.1, 0.15) is 11.5 Å². The van der Waals surface area contributed by atoms with Crippen molar-refractivity contribution in [2.45, 2.75) is 36.5 Å². The number of anilines is 1. The number of hydrogen-bond acceptors (Lipinski definition) is 6. The number of imide groups is 2. The van der Waals surface area contributed by atoms with Crippen LogP contribution in [0.1, 0.15) is 92.2 Å². The highest BCUT2D eigenvalue weighted by molar-refractivity contribution is 6.35. The van der Waals surface area contributed by atoms with Crippen LogP contribution in [0.4, 0.5) is 32.0 Å². The average Bonchev–Trinajstić information content (AvgIpc) is 4.05. The first-order valence-electron chi connectivity index (χ1n) is 24.0. The Labute approximate surface area is 425 Å². The minimum atomic E-state index is -6.13. The molecule has 75 heavy (non-hydrogen) atoms. The second-order valence-corrected chi connectivity index (χ2v) is 19.1. The number of benzene rings is 8. The molecule has 12 rings (SSSR count). The number of halogens is 6. The van der Waals surface area contributed by atoms with Crippen LogP contribution < -0.4 is 14.4 Å². The zero-order valence-electron chi connectivity index (χ0n) is 39.8. The third-order valence-electron chi connectivity index (χ3n) is 15.2. The molecule has 8 aromatic rings. The monoisotopic (exact) mass is 1010 g/mol. The average molecular weight is 1010 g/mol. The molecule has 0 atom stereocenters. The molecule has 372 valence electrons. The van der Waals surface area contributed by atoms with Gasteiger partial charge < -0.3 is 9.47 Å². The van der Waals surface area contributed by atoms with Gasteiger partial charge in [-0.25, -0.2) is 4.90 Å². The van der Waals surface area contributed by atoms with Gasteiger partial charge >= 0.3 is 12.4 Å². The van der Waals surface area contributed by atoms with Crippen molar-refractivity contribution in [3.63, 3.8) is 0 Å². The second kappa shape index (κ2) is 17.2. The zero-order chi connectivity index (χ0) is 52.3. The lowest BCUT2D eigenvalue weighted by Gasteiger charge is -2.38. The van der Waals surface area contributed by atoms with Crippen molar-refractivity contribution in [2.75, 3.05) is 25.2 Å². The first kappa shape index (κ1) is 47.2. The SMILES string of the molecule is Cc1ccc(-c2ccc(N3C(=O)c4ccc(C(c5ccc6c(c5)C(=O)N(C)C6=O)(C(F)(F)F)C(F)(F)F)cc4C3=O)c(OCC3c4ccccc4-c4ccccc43)c2)cc1OCC1c2ccccc2-c2ccccc21. The molecule has 0 spiro atoms. The molecule has 8 nitrogen and oxygen atoms in total. The molecule has 2 aliphatic heterocycles. The van der Waals surface area contributed by atoms with Crippen LogP contribution in [0.2, 0.25) is 0 Å². The molecule has 14 heteroatoms. The van der Waals surface area contributed by atoms with E-state index in [9.17, 15) is 19.2 Å². The molecular formula is C61H40F6N2O6. The molecule has 4 amide bonds. The maximum atomic E-state index is 15.5. The summed E-state index contributed by atoms with van der Waals surface area (Å²) in [7, 11) is 1.06. The van der Waals surface area contributed by atoms with Gasteiger partial charge in [0.05, 0.1) is 41.2 Å². The predicted molar refractivity (Wildman–Crippen MR) is 268 cm³/mol. The Morgan fingerprint density at radius 1 is 0.427 bits per heavy atom. The summed E-state index contributed by atoms with van der Waals surface area (Å²) in [6.45, 7) is 2.28. The van der Waals surface area contributed by atoms with Crippen molar-refractivity contribution in [1.82, 2.24) is 4.90 Å². The van der Waals surface area contributed by atoms with E-state index >= 15 is 26.3 Å². The summed E-state index contributed by atoms with van der Waals surface area (Å²) >= 11 is 0. The molecule has 0 fully saturated rings. The normalized spacial score (nSPS) is 15.0. The quantitative estimate of drug-likeness (QED) is 0.100. The van der Waals surface area contributed by atoms with Crippen molar-refractivity contribution in [1.29, 1.82) is 0 Å². The summed E-state index contributed by atoms with van der Waals surface area (Å²) in [5, 5.41) is 0. The third-order valence-corrected chi connectivity index (χ3v) is 15.2. The highest BCUT2D eigenvalue weighted by Gasteiger charge is 2.73. The number of hydrogen-bond donors (Lipinski definition) is 0. The van der Waals surface area contributed by atoms with Crippen molar-refractivity contribution in [3.05, 3.63) is 231 Å². The zero-order valence-corrected chi connectivity index (χ0v) is 39.8. The number of aryl methyl sites for hydroxylation is 1. The number of nitrogens with zero attached hydrogens (tertiary/aromatic N) is 2. The Morgan fingerprint density at radius 3 is 1.29 bits per heavy atom. The maximum Gasteiger partial charge on any atom is 0.411 e. The Balaban J connectivity index is 0.927. The summed E-state index contributed by atoms with van der Waals surface area (Å²) in [6.07, 6.45) is -12.3. The Morgan fingerprint density at radius 2 is 0.813 bits per heavy atom. The molecule has 0 N–H and O–H groups in total. The lowest BCUT2D eigenvalue weighted by molar-refractivity contribution is -0.288. The van der Waals surface area contributed by atoms with E-state index < -0.39 is 69.2 Å². The predicted octanol–water partition coefficient (Wildman–Crippen LogP) is 13.5. The minimum Gasteiger partial charge on any atom is -0.492 e. The summed E-state index contributed by atoms with van der Waals surface area (Å²) in [6, 6.07) is 45.9. The van der Waals surface area contributed by atoms with Gasteiger partial charge in [-0.2, -0.15) is 26.3 Å². The van der Waals surface area contributed by atoms with E-state index in [1.165, 1.54) is 6.07 Å². The Hall–Kier alpha value is -8.78. The highest BCUT2D eigenvalue weighted by atomic mass is 19.4. The maximum absolute atomic E-state index is 15.5. The first-order valence-corrected chi connectivity index (χ1v) is 24.0. The van der Waals surface area contributed by atoms with Gasteiger partial charge in [-0.1, -0.05) is 127 Å².